The van der Waals surface area contributed by atoms with Crippen LogP contribution in [0.1, 0.15) is 19.3 Å². The number of hydrogen-bond donors (Lipinski definition) is 0. The summed E-state index contributed by atoms with van der Waals surface area (Å²) in [6.45, 7) is -0.0350. The molecule has 0 spiro atoms. The van der Waals surface area contributed by atoms with Crippen LogP contribution in [0.25, 0.3) is 0 Å². The number of rotatable bonds is 4. The third-order valence-electron chi connectivity index (χ3n) is 0.826. The topological polar surface area (TPSA) is 37.0 Å². The average Bonchev–Trinajstić information content (AvgIpc) is 1.81. The molecule has 0 aromatic carbocycles. The van der Waals surface area contributed by atoms with Crippen molar-refractivity contribution < 1.29 is 9.90 Å². The van der Waals surface area contributed by atoms with Crippen LogP contribution in [0.2, 0.25) is 0 Å². The molecule has 2 heteroatoms. The smallest absolute Gasteiger partial charge is 0.120 e. The van der Waals surface area contributed by atoms with E-state index in [4.69, 9.17) is 0 Å². The van der Waals surface area contributed by atoms with E-state index in [1.165, 1.54) is 6.08 Å². The van der Waals surface area contributed by atoms with Gasteiger partial charge in [-0.3, -0.25) is 0 Å². The summed E-state index contributed by atoms with van der Waals surface area (Å²) in [5.74, 6) is 1.65. The maximum atomic E-state index is 9.78. The summed E-state index contributed by atoms with van der Waals surface area (Å²) in [6, 6.07) is 0. The normalized spacial score (nSPS) is 8.12. The van der Waals surface area contributed by atoms with E-state index in [1.807, 2.05) is 0 Å². The van der Waals surface area contributed by atoms with Gasteiger partial charge in [0.25, 0.3) is 0 Å². The van der Waals surface area contributed by atoms with Crippen molar-refractivity contribution in [2.24, 2.45) is 0 Å². The minimum atomic E-state index is -0.0350. The highest BCUT2D eigenvalue weighted by Crippen LogP contribution is 1.92. The molecule has 0 aliphatic carbocycles. The Morgan fingerprint density at radius 1 is 1.38 bits per heavy atom. The second-order valence-corrected chi connectivity index (χ2v) is 1.52. The van der Waals surface area contributed by atoms with E-state index in [2.05, 4.69) is 0 Å². The monoisotopic (exact) mass is 113 g/mol. The number of unbranched alkanes of at least 4 members (excludes halogenated alkanes) is 2. The van der Waals surface area contributed by atoms with Crippen LogP contribution >= 0.6 is 0 Å². The Morgan fingerprint density at radius 2 is 2.12 bits per heavy atom. The molecule has 0 aliphatic rings. The SMILES string of the molecule is [O]CCCCC=C=O. The average molecular weight is 113 g/mol. The highest BCUT2D eigenvalue weighted by atomic mass is 16.2. The van der Waals surface area contributed by atoms with Gasteiger partial charge in [-0.1, -0.05) is 0 Å². The summed E-state index contributed by atoms with van der Waals surface area (Å²) in [5, 5.41) is 9.78. The van der Waals surface area contributed by atoms with Crippen molar-refractivity contribution in [3.8, 4) is 0 Å². The van der Waals surface area contributed by atoms with E-state index in [0.717, 1.165) is 6.42 Å². The zero-order valence-electron chi connectivity index (χ0n) is 4.72. The van der Waals surface area contributed by atoms with Crippen LogP contribution < -0.4 is 0 Å². The van der Waals surface area contributed by atoms with Crippen molar-refractivity contribution in [3.05, 3.63) is 6.08 Å². The van der Waals surface area contributed by atoms with Crippen molar-refractivity contribution in [3.63, 3.8) is 0 Å². The number of hydrogen-bond acceptors (Lipinski definition) is 1. The van der Waals surface area contributed by atoms with Crippen molar-refractivity contribution in [2.75, 3.05) is 6.61 Å². The standard InChI is InChI=1S/C6H9O2/c7-5-3-1-2-4-6-8/h3H,1-2,4,6H2. The molecule has 45 valence electrons. The largest absolute Gasteiger partial charge is 0.237 e. The van der Waals surface area contributed by atoms with Crippen molar-refractivity contribution in [2.45, 2.75) is 19.3 Å². The maximum absolute atomic E-state index is 9.78. The first kappa shape index (κ1) is 7.41. The van der Waals surface area contributed by atoms with E-state index in [1.54, 1.807) is 5.94 Å². The molecule has 0 aromatic heterocycles. The lowest BCUT2D eigenvalue weighted by Crippen LogP contribution is -1.78. The zero-order chi connectivity index (χ0) is 6.24. The van der Waals surface area contributed by atoms with Crippen LogP contribution in [0.15, 0.2) is 6.08 Å². The van der Waals surface area contributed by atoms with Gasteiger partial charge in [-0.15, -0.1) is 0 Å². The van der Waals surface area contributed by atoms with Crippen molar-refractivity contribution in [1.29, 1.82) is 0 Å². The molecule has 1 radical (unpaired) electrons. The van der Waals surface area contributed by atoms with E-state index >= 15 is 0 Å². The Hall–Kier alpha value is -0.590. The van der Waals surface area contributed by atoms with Gasteiger partial charge < -0.3 is 0 Å². The van der Waals surface area contributed by atoms with Crippen LogP contribution in [-0.2, 0) is 9.90 Å². The molecule has 0 atom stereocenters. The lowest BCUT2D eigenvalue weighted by atomic mass is 10.2. The predicted octanol–water partition coefficient (Wildman–Crippen LogP) is 0.975. The fourth-order valence-corrected chi connectivity index (χ4v) is 0.407. The van der Waals surface area contributed by atoms with Gasteiger partial charge in [0.2, 0.25) is 0 Å². The molecule has 0 fully saturated rings. The molecule has 0 aromatic rings. The van der Waals surface area contributed by atoms with Crippen molar-refractivity contribution >= 4 is 5.94 Å². The van der Waals surface area contributed by atoms with Gasteiger partial charge in [-0.05, 0) is 25.3 Å². The van der Waals surface area contributed by atoms with Gasteiger partial charge in [0, 0.05) is 0 Å². The first-order chi connectivity index (χ1) is 3.91. The second kappa shape index (κ2) is 6.41. The number of allylic oxidation sites excluding steroid dienone is 1. The Balaban J connectivity index is 2.82. The molecule has 0 rings (SSSR count). The number of carbonyl (C=O) groups excluding carboxylic acids is 1. The molecule has 0 N–H and O–H groups in total. The zero-order valence-corrected chi connectivity index (χ0v) is 4.72. The van der Waals surface area contributed by atoms with Gasteiger partial charge in [-0.2, -0.15) is 0 Å². The van der Waals surface area contributed by atoms with Crippen LogP contribution in [0.4, 0.5) is 0 Å². The highest BCUT2D eigenvalue weighted by molar-refractivity contribution is 5.44. The molecular weight excluding hydrogens is 104 g/mol. The minimum Gasteiger partial charge on any atom is -0.237 e. The molecule has 0 saturated carbocycles. The maximum Gasteiger partial charge on any atom is 0.120 e. The van der Waals surface area contributed by atoms with E-state index in [-0.39, 0.29) is 6.61 Å². The third kappa shape index (κ3) is 5.41. The minimum absolute atomic E-state index is 0.0350. The Bertz CT molecular complexity index is 82.5. The van der Waals surface area contributed by atoms with Gasteiger partial charge in [0.15, 0.2) is 0 Å². The quantitative estimate of drug-likeness (QED) is 0.395. The van der Waals surface area contributed by atoms with Gasteiger partial charge in [0.05, 0.1) is 6.61 Å². The molecule has 0 unspecified atom stereocenters. The van der Waals surface area contributed by atoms with Crippen LogP contribution in [-0.4, -0.2) is 12.5 Å². The van der Waals surface area contributed by atoms with Crippen LogP contribution in [0.5, 0.6) is 0 Å². The van der Waals surface area contributed by atoms with Gasteiger partial charge in [0.1, 0.15) is 5.94 Å². The Labute approximate surface area is 48.8 Å². The van der Waals surface area contributed by atoms with Gasteiger partial charge >= 0.3 is 0 Å². The Morgan fingerprint density at radius 3 is 2.62 bits per heavy atom. The lowest BCUT2D eigenvalue weighted by Gasteiger charge is -1.85. The first-order valence-electron chi connectivity index (χ1n) is 2.69. The fraction of sp³-hybridized carbons (Fsp3) is 0.667. The fourth-order valence-electron chi connectivity index (χ4n) is 0.407. The molecular formula is C6H9O2. The van der Waals surface area contributed by atoms with Crippen molar-refractivity contribution in [1.82, 2.24) is 0 Å². The Kier molecular flexibility index (Phi) is 5.94. The molecule has 0 bridgehead atoms. The summed E-state index contributed by atoms with van der Waals surface area (Å²) < 4.78 is 0. The first-order valence-corrected chi connectivity index (χ1v) is 2.69. The second-order valence-electron chi connectivity index (χ2n) is 1.52. The molecule has 0 aliphatic heterocycles. The van der Waals surface area contributed by atoms with Crippen LogP contribution in [0.3, 0.4) is 0 Å². The third-order valence-corrected chi connectivity index (χ3v) is 0.826. The summed E-state index contributed by atoms with van der Waals surface area (Å²) in [7, 11) is 0. The summed E-state index contributed by atoms with van der Waals surface area (Å²) in [5.41, 5.74) is 0. The van der Waals surface area contributed by atoms with E-state index in [0.29, 0.717) is 12.8 Å². The predicted molar refractivity (Wildman–Crippen MR) is 29.7 cm³/mol. The highest BCUT2D eigenvalue weighted by Gasteiger charge is 1.81. The van der Waals surface area contributed by atoms with E-state index in [9.17, 15) is 9.90 Å². The lowest BCUT2D eigenvalue weighted by molar-refractivity contribution is 0.187. The summed E-state index contributed by atoms with van der Waals surface area (Å²) in [6.07, 6.45) is 3.60. The van der Waals surface area contributed by atoms with Crippen LogP contribution in [0, 0.1) is 0 Å². The molecule has 2 nitrogen and oxygen atoms in total. The molecule has 0 heterocycles. The molecule has 8 heavy (non-hydrogen) atoms. The summed E-state index contributed by atoms with van der Waals surface area (Å²) >= 11 is 0. The van der Waals surface area contributed by atoms with E-state index < -0.39 is 0 Å². The van der Waals surface area contributed by atoms with Gasteiger partial charge in [-0.25, -0.2) is 9.90 Å². The molecule has 0 amide bonds. The summed E-state index contributed by atoms with van der Waals surface area (Å²) in [4.78, 5) is 9.51. The molecule has 0 saturated heterocycles.